The molecule has 4 aromatic rings. The number of nitrogens with zero attached hydrogens (tertiary/aromatic N) is 1. The highest BCUT2D eigenvalue weighted by Gasteiger charge is 2.42. The number of rotatable bonds is 5. The van der Waals surface area contributed by atoms with Gasteiger partial charge in [0, 0.05) is 22.3 Å². The predicted octanol–water partition coefficient (Wildman–Crippen LogP) is 10.8. The van der Waals surface area contributed by atoms with Gasteiger partial charge in [0.2, 0.25) is 0 Å². The summed E-state index contributed by atoms with van der Waals surface area (Å²) in [5.41, 5.74) is 13.5. The van der Waals surface area contributed by atoms with Crippen molar-refractivity contribution in [1.29, 1.82) is 0 Å². The van der Waals surface area contributed by atoms with E-state index in [2.05, 4.69) is 152 Å². The van der Waals surface area contributed by atoms with Crippen molar-refractivity contribution >= 4 is 11.4 Å². The Morgan fingerprint density at radius 3 is 1.89 bits per heavy atom. The normalized spacial score (nSPS) is 14.1. The molecule has 0 aliphatic heterocycles. The number of anilines is 2. The van der Waals surface area contributed by atoms with E-state index in [0.29, 0.717) is 11.8 Å². The van der Waals surface area contributed by atoms with Gasteiger partial charge in [-0.05, 0) is 83.2 Å². The van der Waals surface area contributed by atoms with Gasteiger partial charge < -0.3 is 4.90 Å². The van der Waals surface area contributed by atoms with Crippen LogP contribution in [0.15, 0.2) is 84.9 Å². The summed E-state index contributed by atoms with van der Waals surface area (Å²) in [6, 6.07) is 31.6. The number of hydrogen-bond acceptors (Lipinski definition) is 1. The number of fused-ring (bicyclic) bond motifs is 3. The Hall–Kier alpha value is -3.32. The molecule has 0 amide bonds. The molecule has 0 fully saturated rings. The average Bonchev–Trinajstić information content (AvgIpc) is 3.10. The van der Waals surface area contributed by atoms with Crippen molar-refractivity contribution in [2.24, 2.45) is 0 Å². The molecule has 0 saturated heterocycles. The standard InChI is InChI=1S/C37H43N/c1-24(2)27-22-23-30-29-18-13-14-20-31(29)37(8,9)34(30)35(27)38(36(5,6)7)32-21-15-19-28(33(32)25(3)4)26-16-11-10-12-17-26/h10-25H,1-9H3. The summed E-state index contributed by atoms with van der Waals surface area (Å²) in [5, 5.41) is 0. The molecule has 0 aromatic heterocycles. The van der Waals surface area contributed by atoms with Gasteiger partial charge in [-0.3, -0.25) is 0 Å². The molecule has 0 spiro atoms. The van der Waals surface area contributed by atoms with E-state index in [1.807, 2.05) is 0 Å². The van der Waals surface area contributed by atoms with Crippen molar-refractivity contribution in [3.8, 4) is 22.3 Å². The average molecular weight is 502 g/mol. The van der Waals surface area contributed by atoms with Crippen LogP contribution < -0.4 is 4.90 Å². The second kappa shape index (κ2) is 9.45. The van der Waals surface area contributed by atoms with Crippen molar-refractivity contribution < 1.29 is 0 Å². The summed E-state index contributed by atoms with van der Waals surface area (Å²) in [6.45, 7) is 21.3. The van der Waals surface area contributed by atoms with Gasteiger partial charge in [0.1, 0.15) is 0 Å². The first-order valence-corrected chi connectivity index (χ1v) is 14.2. The lowest BCUT2D eigenvalue weighted by atomic mass is 9.78. The molecule has 1 heteroatoms. The number of hydrogen-bond donors (Lipinski definition) is 0. The third-order valence-corrected chi connectivity index (χ3v) is 8.23. The first kappa shape index (κ1) is 26.3. The second-order valence-corrected chi connectivity index (χ2v) is 13.0. The smallest absolute Gasteiger partial charge is 0.0498 e. The monoisotopic (exact) mass is 501 g/mol. The predicted molar refractivity (Wildman–Crippen MR) is 166 cm³/mol. The molecule has 196 valence electrons. The molecular weight excluding hydrogens is 458 g/mol. The van der Waals surface area contributed by atoms with Gasteiger partial charge in [-0.1, -0.05) is 120 Å². The van der Waals surface area contributed by atoms with Gasteiger partial charge in [-0.2, -0.15) is 0 Å². The van der Waals surface area contributed by atoms with E-state index >= 15 is 0 Å². The van der Waals surface area contributed by atoms with Gasteiger partial charge in [-0.25, -0.2) is 0 Å². The highest BCUT2D eigenvalue weighted by Crippen LogP contribution is 2.56. The lowest BCUT2D eigenvalue weighted by Crippen LogP contribution is -2.40. The fourth-order valence-corrected chi connectivity index (χ4v) is 6.61. The van der Waals surface area contributed by atoms with E-state index in [1.165, 1.54) is 55.9 Å². The van der Waals surface area contributed by atoms with Crippen LogP contribution >= 0.6 is 0 Å². The van der Waals surface area contributed by atoms with E-state index in [0.717, 1.165) is 0 Å². The highest BCUT2D eigenvalue weighted by molar-refractivity contribution is 5.91. The molecule has 0 atom stereocenters. The van der Waals surface area contributed by atoms with Crippen molar-refractivity contribution in [2.75, 3.05) is 4.90 Å². The summed E-state index contributed by atoms with van der Waals surface area (Å²) in [5.74, 6) is 0.773. The highest BCUT2D eigenvalue weighted by atomic mass is 15.2. The molecule has 0 radical (unpaired) electrons. The fourth-order valence-electron chi connectivity index (χ4n) is 6.61. The van der Waals surface area contributed by atoms with E-state index in [1.54, 1.807) is 0 Å². The Morgan fingerprint density at radius 2 is 1.26 bits per heavy atom. The number of benzene rings is 4. The molecule has 0 N–H and O–H groups in total. The molecule has 0 saturated carbocycles. The van der Waals surface area contributed by atoms with Crippen LogP contribution in [-0.4, -0.2) is 5.54 Å². The van der Waals surface area contributed by atoms with Gasteiger partial charge in [0.25, 0.3) is 0 Å². The first-order valence-electron chi connectivity index (χ1n) is 14.2. The van der Waals surface area contributed by atoms with Gasteiger partial charge >= 0.3 is 0 Å². The molecule has 4 aromatic carbocycles. The lowest BCUT2D eigenvalue weighted by molar-refractivity contribution is 0.547. The topological polar surface area (TPSA) is 3.24 Å². The zero-order valence-corrected chi connectivity index (χ0v) is 24.7. The first-order chi connectivity index (χ1) is 17.9. The van der Waals surface area contributed by atoms with Crippen LogP contribution in [-0.2, 0) is 5.41 Å². The minimum atomic E-state index is -0.136. The SMILES string of the molecule is CC(C)c1ccc2c(c1N(c1cccc(-c3ccccc3)c1C(C)C)C(C)(C)C)C(C)(C)c1ccccc1-2. The fraction of sp³-hybridized carbons (Fsp3) is 0.351. The maximum atomic E-state index is 2.68. The molecule has 1 aliphatic rings. The second-order valence-electron chi connectivity index (χ2n) is 13.0. The van der Waals surface area contributed by atoms with Crippen LogP contribution in [0.5, 0.6) is 0 Å². The van der Waals surface area contributed by atoms with Crippen molar-refractivity contribution in [3.63, 3.8) is 0 Å². The minimum absolute atomic E-state index is 0.0926. The van der Waals surface area contributed by atoms with E-state index < -0.39 is 0 Å². The van der Waals surface area contributed by atoms with Crippen LogP contribution in [0.1, 0.15) is 96.4 Å². The minimum Gasteiger partial charge on any atom is -0.335 e. The Labute approximate surface area is 230 Å². The van der Waals surface area contributed by atoms with Gasteiger partial charge in [0.05, 0.1) is 0 Å². The largest absolute Gasteiger partial charge is 0.335 e. The van der Waals surface area contributed by atoms with Crippen molar-refractivity contribution in [3.05, 3.63) is 107 Å². The van der Waals surface area contributed by atoms with E-state index in [9.17, 15) is 0 Å². The van der Waals surface area contributed by atoms with Gasteiger partial charge in [0.15, 0.2) is 0 Å². The third kappa shape index (κ3) is 4.17. The van der Waals surface area contributed by atoms with Crippen LogP contribution in [0.2, 0.25) is 0 Å². The maximum absolute atomic E-state index is 2.68. The van der Waals surface area contributed by atoms with Crippen LogP contribution in [0.3, 0.4) is 0 Å². The Balaban J connectivity index is 1.89. The van der Waals surface area contributed by atoms with E-state index in [-0.39, 0.29) is 11.0 Å². The van der Waals surface area contributed by atoms with Crippen LogP contribution in [0.25, 0.3) is 22.3 Å². The summed E-state index contributed by atoms with van der Waals surface area (Å²) >= 11 is 0. The Morgan fingerprint density at radius 1 is 0.632 bits per heavy atom. The molecule has 0 heterocycles. The molecule has 1 nitrogen and oxygen atoms in total. The molecule has 38 heavy (non-hydrogen) atoms. The zero-order chi connectivity index (χ0) is 27.4. The van der Waals surface area contributed by atoms with E-state index in [4.69, 9.17) is 0 Å². The quantitative estimate of drug-likeness (QED) is 0.263. The summed E-state index contributed by atoms with van der Waals surface area (Å²) < 4.78 is 0. The molecule has 5 rings (SSSR count). The van der Waals surface area contributed by atoms with Gasteiger partial charge in [-0.15, -0.1) is 0 Å². The van der Waals surface area contributed by atoms with Crippen LogP contribution in [0, 0.1) is 0 Å². The summed E-state index contributed by atoms with van der Waals surface area (Å²) in [6.07, 6.45) is 0. The summed E-state index contributed by atoms with van der Waals surface area (Å²) in [4.78, 5) is 2.68. The molecular formula is C37H43N. The molecule has 0 bridgehead atoms. The molecule has 1 aliphatic carbocycles. The van der Waals surface area contributed by atoms with Crippen molar-refractivity contribution in [2.45, 2.75) is 85.1 Å². The van der Waals surface area contributed by atoms with Crippen molar-refractivity contribution in [1.82, 2.24) is 0 Å². The maximum Gasteiger partial charge on any atom is 0.0498 e. The zero-order valence-electron chi connectivity index (χ0n) is 24.7. The Bertz CT molecular complexity index is 1460. The lowest BCUT2D eigenvalue weighted by Gasteiger charge is -2.44. The summed E-state index contributed by atoms with van der Waals surface area (Å²) in [7, 11) is 0. The third-order valence-electron chi connectivity index (χ3n) is 8.23. The van der Waals surface area contributed by atoms with Crippen LogP contribution in [0.4, 0.5) is 11.4 Å². The molecule has 0 unspecified atom stereocenters. The Kier molecular flexibility index (Phi) is 6.54.